The average Bonchev–Trinajstić information content (AvgIpc) is 2.39. The molecule has 0 atom stereocenters. The Labute approximate surface area is 113 Å². The molecule has 3 nitrogen and oxygen atoms in total. The van der Waals surface area contributed by atoms with Crippen LogP contribution in [0.4, 0.5) is 0 Å². The number of carbonyl (C=O) groups excluding carboxylic acids is 1. The lowest BCUT2D eigenvalue weighted by Gasteiger charge is -2.26. The number of ether oxygens (including phenoxy) is 1. The number of hydrogen-bond acceptors (Lipinski definition) is 2. The Morgan fingerprint density at radius 2 is 2.17 bits per heavy atom. The number of halogens is 1. The summed E-state index contributed by atoms with van der Waals surface area (Å²) in [4.78, 5) is 14.0. The van der Waals surface area contributed by atoms with Crippen LogP contribution in [0.3, 0.4) is 0 Å². The zero-order valence-corrected chi connectivity index (χ0v) is 11.3. The molecular formula is C14H18ClNO2. The number of carbonyl (C=O) groups is 1. The zero-order chi connectivity index (χ0) is 13.0. The maximum atomic E-state index is 12.2. The largest absolute Gasteiger partial charge is 0.381 e. The second kappa shape index (κ2) is 6.21. The van der Waals surface area contributed by atoms with Gasteiger partial charge in [-0.05, 0) is 30.5 Å². The average molecular weight is 268 g/mol. The van der Waals surface area contributed by atoms with Crippen molar-refractivity contribution in [1.29, 1.82) is 0 Å². The summed E-state index contributed by atoms with van der Waals surface area (Å²) in [7, 11) is 1.85. The van der Waals surface area contributed by atoms with E-state index in [1.807, 2.05) is 31.3 Å². The Kier molecular flexibility index (Phi) is 4.61. The van der Waals surface area contributed by atoms with Crippen molar-refractivity contribution in [2.75, 3.05) is 20.3 Å². The minimum absolute atomic E-state index is 0.114. The van der Waals surface area contributed by atoms with E-state index in [4.69, 9.17) is 16.3 Å². The number of nitrogens with zero attached hydrogens (tertiary/aromatic N) is 1. The van der Waals surface area contributed by atoms with Gasteiger partial charge in [0.25, 0.3) is 0 Å². The molecule has 1 fully saturated rings. The molecular weight excluding hydrogens is 250 g/mol. The van der Waals surface area contributed by atoms with Gasteiger partial charge in [0.1, 0.15) is 0 Å². The summed E-state index contributed by atoms with van der Waals surface area (Å²) < 4.78 is 5.28. The summed E-state index contributed by atoms with van der Waals surface area (Å²) in [6, 6.07) is 7.63. The molecule has 1 amide bonds. The fraction of sp³-hybridized carbons (Fsp3) is 0.500. The Morgan fingerprint density at radius 3 is 2.83 bits per heavy atom. The molecule has 18 heavy (non-hydrogen) atoms. The van der Waals surface area contributed by atoms with E-state index in [0.29, 0.717) is 24.8 Å². The number of rotatable bonds is 3. The normalized spacial score (nSPS) is 16.6. The number of amides is 1. The fourth-order valence-corrected chi connectivity index (χ4v) is 2.46. The fourth-order valence-electron chi connectivity index (χ4n) is 2.24. The van der Waals surface area contributed by atoms with Gasteiger partial charge in [-0.25, -0.2) is 0 Å². The Morgan fingerprint density at radius 1 is 1.44 bits per heavy atom. The molecule has 0 bridgehead atoms. The van der Waals surface area contributed by atoms with E-state index < -0.39 is 0 Å². The van der Waals surface area contributed by atoms with Crippen LogP contribution < -0.4 is 0 Å². The van der Waals surface area contributed by atoms with Crippen LogP contribution in [-0.2, 0) is 16.1 Å². The van der Waals surface area contributed by atoms with Gasteiger partial charge in [-0.3, -0.25) is 4.79 Å². The highest BCUT2D eigenvalue weighted by molar-refractivity contribution is 6.30. The van der Waals surface area contributed by atoms with Crippen molar-refractivity contribution in [1.82, 2.24) is 4.90 Å². The van der Waals surface area contributed by atoms with Crippen LogP contribution >= 0.6 is 11.6 Å². The van der Waals surface area contributed by atoms with Crippen molar-refractivity contribution in [3.63, 3.8) is 0 Å². The van der Waals surface area contributed by atoms with Gasteiger partial charge in [0, 0.05) is 37.7 Å². The summed E-state index contributed by atoms with van der Waals surface area (Å²) in [6.07, 6.45) is 1.66. The first kappa shape index (κ1) is 13.4. The van der Waals surface area contributed by atoms with Gasteiger partial charge in [0.05, 0.1) is 0 Å². The lowest BCUT2D eigenvalue weighted by atomic mass is 9.98. The Balaban J connectivity index is 1.94. The van der Waals surface area contributed by atoms with Crippen LogP contribution in [0.15, 0.2) is 24.3 Å². The molecule has 1 saturated heterocycles. The van der Waals surface area contributed by atoms with E-state index in [2.05, 4.69) is 0 Å². The highest BCUT2D eigenvalue weighted by Gasteiger charge is 2.24. The molecule has 0 radical (unpaired) electrons. The first-order valence-corrected chi connectivity index (χ1v) is 6.62. The van der Waals surface area contributed by atoms with Gasteiger partial charge in [0.2, 0.25) is 5.91 Å². The lowest BCUT2D eigenvalue weighted by molar-refractivity contribution is -0.137. The van der Waals surface area contributed by atoms with Gasteiger partial charge in [-0.1, -0.05) is 23.7 Å². The Bertz CT molecular complexity index is 416. The minimum Gasteiger partial charge on any atom is -0.381 e. The smallest absolute Gasteiger partial charge is 0.225 e. The quantitative estimate of drug-likeness (QED) is 0.843. The van der Waals surface area contributed by atoms with E-state index in [-0.39, 0.29) is 11.8 Å². The monoisotopic (exact) mass is 267 g/mol. The third kappa shape index (κ3) is 3.47. The van der Waals surface area contributed by atoms with Crippen LogP contribution in [0.25, 0.3) is 0 Å². The maximum Gasteiger partial charge on any atom is 0.225 e. The predicted octanol–water partition coefficient (Wildman–Crippen LogP) is 2.73. The standard InChI is InChI=1S/C14H18ClNO2/c1-16(10-11-3-2-4-13(15)9-11)14(17)12-5-7-18-8-6-12/h2-4,9,12H,5-8,10H2,1H3. The van der Waals surface area contributed by atoms with Crippen molar-refractivity contribution < 1.29 is 9.53 Å². The van der Waals surface area contributed by atoms with E-state index in [9.17, 15) is 4.79 Å². The van der Waals surface area contributed by atoms with Crippen molar-refractivity contribution in [3.8, 4) is 0 Å². The number of hydrogen-bond donors (Lipinski definition) is 0. The summed E-state index contributed by atoms with van der Waals surface area (Å²) in [6.45, 7) is 2.00. The third-order valence-corrected chi connectivity index (χ3v) is 3.49. The molecule has 1 aliphatic heterocycles. The molecule has 0 unspecified atom stereocenters. The lowest BCUT2D eigenvalue weighted by Crippen LogP contribution is -2.35. The van der Waals surface area contributed by atoms with Crippen LogP contribution in [0.1, 0.15) is 18.4 Å². The molecule has 1 aromatic rings. The van der Waals surface area contributed by atoms with E-state index in [0.717, 1.165) is 18.4 Å². The minimum atomic E-state index is 0.114. The van der Waals surface area contributed by atoms with Gasteiger partial charge in [-0.15, -0.1) is 0 Å². The third-order valence-electron chi connectivity index (χ3n) is 3.26. The van der Waals surface area contributed by atoms with Gasteiger partial charge < -0.3 is 9.64 Å². The first-order valence-electron chi connectivity index (χ1n) is 6.24. The molecule has 2 rings (SSSR count). The first-order chi connectivity index (χ1) is 8.66. The predicted molar refractivity (Wildman–Crippen MR) is 71.5 cm³/mol. The second-order valence-electron chi connectivity index (χ2n) is 4.71. The van der Waals surface area contributed by atoms with Gasteiger partial charge in [0.15, 0.2) is 0 Å². The highest BCUT2D eigenvalue weighted by atomic mass is 35.5. The van der Waals surface area contributed by atoms with Crippen LogP contribution in [-0.4, -0.2) is 31.1 Å². The van der Waals surface area contributed by atoms with Crippen LogP contribution in [0, 0.1) is 5.92 Å². The molecule has 98 valence electrons. The maximum absolute atomic E-state index is 12.2. The highest BCUT2D eigenvalue weighted by Crippen LogP contribution is 2.19. The second-order valence-corrected chi connectivity index (χ2v) is 5.15. The van der Waals surface area contributed by atoms with Crippen molar-refractivity contribution >= 4 is 17.5 Å². The van der Waals surface area contributed by atoms with Crippen molar-refractivity contribution in [2.24, 2.45) is 5.92 Å². The van der Waals surface area contributed by atoms with Crippen molar-refractivity contribution in [2.45, 2.75) is 19.4 Å². The molecule has 1 aliphatic rings. The summed E-state index contributed by atoms with van der Waals surface area (Å²) in [5, 5.41) is 0.708. The van der Waals surface area contributed by atoms with E-state index in [1.54, 1.807) is 4.90 Å². The van der Waals surface area contributed by atoms with Crippen molar-refractivity contribution in [3.05, 3.63) is 34.9 Å². The molecule has 0 N–H and O–H groups in total. The molecule has 4 heteroatoms. The number of benzene rings is 1. The molecule has 0 aromatic heterocycles. The summed E-state index contributed by atoms with van der Waals surface area (Å²) >= 11 is 5.94. The molecule has 0 saturated carbocycles. The Hall–Kier alpha value is -1.06. The zero-order valence-electron chi connectivity index (χ0n) is 10.6. The summed E-state index contributed by atoms with van der Waals surface area (Å²) in [5.74, 6) is 0.321. The molecule has 1 aromatic carbocycles. The molecule has 1 heterocycles. The topological polar surface area (TPSA) is 29.5 Å². The SMILES string of the molecule is CN(Cc1cccc(Cl)c1)C(=O)C1CCOCC1. The van der Waals surface area contributed by atoms with E-state index in [1.165, 1.54) is 0 Å². The molecule has 0 aliphatic carbocycles. The van der Waals surface area contributed by atoms with Crippen LogP contribution in [0.5, 0.6) is 0 Å². The van der Waals surface area contributed by atoms with Gasteiger partial charge in [-0.2, -0.15) is 0 Å². The summed E-state index contributed by atoms with van der Waals surface area (Å²) in [5.41, 5.74) is 1.06. The van der Waals surface area contributed by atoms with Gasteiger partial charge >= 0.3 is 0 Å². The van der Waals surface area contributed by atoms with Crippen LogP contribution in [0.2, 0.25) is 5.02 Å². The molecule has 0 spiro atoms. The van der Waals surface area contributed by atoms with E-state index >= 15 is 0 Å².